The molecule has 2 aromatic carbocycles. The Morgan fingerprint density at radius 1 is 0.714 bits per heavy atom. The number of para-hydroxylation sites is 1. The normalized spacial score (nSPS) is 12.5. The lowest BCUT2D eigenvalue weighted by molar-refractivity contribution is 0.275. The summed E-state index contributed by atoms with van der Waals surface area (Å²) in [4.78, 5) is 5.17. The molecule has 0 saturated heterocycles. The van der Waals surface area contributed by atoms with Crippen LogP contribution in [0.2, 0.25) is 0 Å². The molecule has 5 N–H and O–H groups in total. The number of benzene rings is 2. The first kappa shape index (κ1) is 33.8. The van der Waals surface area contributed by atoms with Gasteiger partial charge in [-0.2, -0.15) is 0 Å². The van der Waals surface area contributed by atoms with E-state index in [9.17, 15) is 0 Å². The van der Waals surface area contributed by atoms with Crippen LogP contribution in [0.15, 0.2) is 39.0 Å². The molecule has 6 nitrogen and oxygen atoms in total. The van der Waals surface area contributed by atoms with Crippen molar-refractivity contribution in [3.63, 3.8) is 0 Å². The first-order valence-corrected chi connectivity index (χ1v) is 16.9. The van der Waals surface area contributed by atoms with Gasteiger partial charge in [0.2, 0.25) is 0 Å². The molecule has 0 unspecified atom stereocenters. The van der Waals surface area contributed by atoms with Crippen LogP contribution < -0.4 is 20.9 Å². The van der Waals surface area contributed by atoms with Crippen molar-refractivity contribution in [3.8, 4) is 11.5 Å². The predicted octanol–water partition coefficient (Wildman–Crippen LogP) is 9.64. The number of hydrogen-bond donors (Lipinski definition) is 3. The fourth-order valence-corrected chi connectivity index (χ4v) is 6.21. The van der Waals surface area contributed by atoms with Gasteiger partial charge in [0.15, 0.2) is 17.4 Å². The van der Waals surface area contributed by atoms with E-state index in [2.05, 4.69) is 18.8 Å². The van der Waals surface area contributed by atoms with E-state index in [1.165, 1.54) is 76.0 Å². The first-order chi connectivity index (χ1) is 20.5. The number of nitrogens with one attached hydrogen (secondary N) is 1. The molecule has 0 fully saturated rings. The lowest BCUT2D eigenvalue weighted by Crippen LogP contribution is -2.16. The molecule has 8 heteroatoms. The third-order valence-corrected chi connectivity index (χ3v) is 8.81. The van der Waals surface area contributed by atoms with Crippen molar-refractivity contribution >= 4 is 29.1 Å². The Morgan fingerprint density at radius 2 is 1.21 bits per heavy atom. The standard InChI is InChI=1S/C34H51FN4O2S/c1-3-5-7-9-11-13-15-19-23-40-30-27-28(34(38)39-33(27)37)31(41-24-20-16-14-12-10-8-6-4-2)32(29(30)35)42-26-22-18-17-21-25(26)36/h17-18,21-22H,3-16,19-20,23-24,36H2,1-2H3,(H3,37,38,39). The van der Waals surface area contributed by atoms with Gasteiger partial charge in [-0.1, -0.05) is 128 Å². The van der Waals surface area contributed by atoms with Gasteiger partial charge in [-0.25, -0.2) is 9.38 Å². The van der Waals surface area contributed by atoms with Crippen LogP contribution in [0.3, 0.4) is 0 Å². The Hall–Kier alpha value is -2.74. The number of ether oxygens (including phenoxy) is 2. The zero-order valence-electron chi connectivity index (χ0n) is 25.7. The third kappa shape index (κ3) is 9.92. The zero-order chi connectivity index (χ0) is 30.2. The molecule has 0 saturated carbocycles. The topological polar surface area (TPSA) is 107 Å². The highest BCUT2D eigenvalue weighted by Crippen LogP contribution is 2.48. The second-order valence-corrected chi connectivity index (χ2v) is 12.2. The summed E-state index contributed by atoms with van der Waals surface area (Å²) in [6, 6.07) is 7.37. The van der Waals surface area contributed by atoms with E-state index in [-0.39, 0.29) is 27.9 Å². The number of nitrogen functional groups attached to an aromatic ring is 1. The Kier molecular flexibility index (Phi) is 15.1. The van der Waals surface area contributed by atoms with Crippen LogP contribution in [0, 0.1) is 11.2 Å². The number of hydrogen-bond acceptors (Lipinski definition) is 6. The Balaban J connectivity index is 1.76. The molecule has 0 radical (unpaired) electrons. The Labute approximate surface area is 256 Å². The van der Waals surface area contributed by atoms with Gasteiger partial charge in [0, 0.05) is 10.6 Å². The molecule has 0 bridgehead atoms. The van der Waals surface area contributed by atoms with E-state index >= 15 is 4.39 Å². The summed E-state index contributed by atoms with van der Waals surface area (Å²) in [6.45, 7) is 5.24. The van der Waals surface area contributed by atoms with Crippen LogP contribution in [0.1, 0.15) is 128 Å². The second kappa shape index (κ2) is 18.7. The average molecular weight is 599 g/mol. The molecular formula is C34H51FN4O2S. The predicted molar refractivity (Wildman–Crippen MR) is 175 cm³/mol. The second-order valence-electron chi connectivity index (χ2n) is 11.2. The number of aliphatic imine (C=N–C) groups is 1. The van der Waals surface area contributed by atoms with Gasteiger partial charge in [-0.15, -0.1) is 0 Å². The first-order valence-electron chi connectivity index (χ1n) is 16.1. The SMILES string of the molecule is CCCCCCCCCCOc1c(F)c(Sc2ccccc2N)c(OCCCCCCCCCC)c2c1C(=N)N=C2N. The fraction of sp³-hybridized carbons (Fsp3) is 0.588. The number of anilines is 1. The van der Waals surface area contributed by atoms with Crippen LogP contribution in [0.5, 0.6) is 11.5 Å². The summed E-state index contributed by atoms with van der Waals surface area (Å²) < 4.78 is 28.7. The highest BCUT2D eigenvalue weighted by Gasteiger charge is 2.34. The van der Waals surface area contributed by atoms with Crippen molar-refractivity contribution in [1.29, 1.82) is 5.41 Å². The van der Waals surface area contributed by atoms with Crippen molar-refractivity contribution in [2.75, 3.05) is 18.9 Å². The summed E-state index contributed by atoms with van der Waals surface area (Å²) >= 11 is 1.20. The van der Waals surface area contributed by atoms with E-state index in [4.69, 9.17) is 26.4 Å². The molecule has 0 amide bonds. The lowest BCUT2D eigenvalue weighted by atomic mass is 10.0. The molecular weight excluding hydrogens is 547 g/mol. The maximum Gasteiger partial charge on any atom is 0.183 e. The molecule has 3 rings (SSSR count). The fourth-order valence-electron chi connectivity index (χ4n) is 5.22. The van der Waals surface area contributed by atoms with Crippen molar-refractivity contribution in [3.05, 3.63) is 41.2 Å². The quantitative estimate of drug-likeness (QED) is 0.0924. The Morgan fingerprint density at radius 3 is 1.76 bits per heavy atom. The molecule has 1 aliphatic rings. The van der Waals surface area contributed by atoms with Gasteiger partial charge in [-0.05, 0) is 25.0 Å². The van der Waals surface area contributed by atoms with E-state index < -0.39 is 5.82 Å². The number of amidine groups is 2. The van der Waals surface area contributed by atoms with Gasteiger partial charge in [0.05, 0.1) is 29.2 Å². The molecule has 0 spiro atoms. The van der Waals surface area contributed by atoms with Crippen molar-refractivity contribution in [2.45, 2.75) is 126 Å². The average Bonchev–Trinajstić information content (AvgIpc) is 3.27. The zero-order valence-corrected chi connectivity index (χ0v) is 26.6. The highest BCUT2D eigenvalue weighted by molar-refractivity contribution is 7.99. The number of unbranched alkanes of at least 4 members (excludes halogenated alkanes) is 14. The van der Waals surface area contributed by atoms with Gasteiger partial charge in [0.1, 0.15) is 11.6 Å². The maximum absolute atomic E-state index is 16.4. The summed E-state index contributed by atoms with van der Waals surface area (Å²) in [5, 5.41) is 8.49. The number of halogens is 1. The molecule has 2 aromatic rings. The van der Waals surface area contributed by atoms with Gasteiger partial charge < -0.3 is 20.9 Å². The summed E-state index contributed by atoms with van der Waals surface area (Å²) in [7, 11) is 0. The van der Waals surface area contributed by atoms with Crippen molar-refractivity contribution in [1.82, 2.24) is 0 Å². The Bertz CT molecular complexity index is 1170. The van der Waals surface area contributed by atoms with Crippen LogP contribution >= 0.6 is 11.8 Å². The number of nitrogens with two attached hydrogens (primary N) is 2. The van der Waals surface area contributed by atoms with E-state index in [0.29, 0.717) is 35.1 Å². The summed E-state index contributed by atoms with van der Waals surface area (Å²) in [5.74, 6) is -0.150. The molecule has 0 aliphatic carbocycles. The van der Waals surface area contributed by atoms with Crippen LogP contribution in [-0.2, 0) is 0 Å². The van der Waals surface area contributed by atoms with Gasteiger partial charge in [0.25, 0.3) is 0 Å². The van der Waals surface area contributed by atoms with Crippen LogP contribution in [0.4, 0.5) is 10.1 Å². The van der Waals surface area contributed by atoms with Crippen LogP contribution in [0.25, 0.3) is 0 Å². The van der Waals surface area contributed by atoms with Gasteiger partial charge in [-0.3, -0.25) is 5.41 Å². The molecule has 0 aromatic heterocycles. The van der Waals surface area contributed by atoms with Crippen LogP contribution in [-0.4, -0.2) is 24.9 Å². The minimum atomic E-state index is -0.554. The summed E-state index contributed by atoms with van der Waals surface area (Å²) in [6.07, 6.45) is 18.6. The number of nitrogens with zero attached hydrogens (tertiary/aromatic N) is 1. The van der Waals surface area contributed by atoms with Gasteiger partial charge >= 0.3 is 0 Å². The van der Waals surface area contributed by atoms with E-state index in [1.54, 1.807) is 6.07 Å². The lowest BCUT2D eigenvalue weighted by Gasteiger charge is -2.20. The third-order valence-electron chi connectivity index (χ3n) is 7.65. The molecule has 232 valence electrons. The smallest absolute Gasteiger partial charge is 0.183 e. The molecule has 42 heavy (non-hydrogen) atoms. The minimum Gasteiger partial charge on any atom is -0.491 e. The van der Waals surface area contributed by atoms with Crippen molar-refractivity contribution < 1.29 is 13.9 Å². The minimum absolute atomic E-state index is 0.0265. The molecule has 0 atom stereocenters. The van der Waals surface area contributed by atoms with E-state index in [0.717, 1.165) is 38.5 Å². The van der Waals surface area contributed by atoms with Crippen molar-refractivity contribution in [2.24, 2.45) is 10.7 Å². The number of rotatable bonds is 22. The molecule has 1 aliphatic heterocycles. The largest absolute Gasteiger partial charge is 0.491 e. The number of fused-ring (bicyclic) bond motifs is 1. The highest BCUT2D eigenvalue weighted by atomic mass is 32.2. The molecule has 1 heterocycles. The maximum atomic E-state index is 16.4. The monoisotopic (exact) mass is 598 g/mol. The summed E-state index contributed by atoms with van der Waals surface area (Å²) in [5.41, 5.74) is 13.8. The van der Waals surface area contributed by atoms with E-state index in [1.807, 2.05) is 18.2 Å².